The van der Waals surface area contributed by atoms with Gasteiger partial charge in [-0.05, 0) is 67.0 Å². The Morgan fingerprint density at radius 3 is 2.18 bits per heavy atom. The third-order valence-corrected chi connectivity index (χ3v) is 5.44. The van der Waals surface area contributed by atoms with Gasteiger partial charge in [-0.2, -0.15) is 0 Å². The summed E-state index contributed by atoms with van der Waals surface area (Å²) >= 11 is 0. The highest BCUT2D eigenvalue weighted by molar-refractivity contribution is 5.70. The highest BCUT2D eigenvalue weighted by Crippen LogP contribution is 2.31. The van der Waals surface area contributed by atoms with Gasteiger partial charge in [0.2, 0.25) is 0 Å². The van der Waals surface area contributed by atoms with Gasteiger partial charge in [0.05, 0.1) is 0 Å². The minimum Gasteiger partial charge on any atom is -0.394 e. The lowest BCUT2D eigenvalue weighted by atomic mass is 9.80. The summed E-state index contributed by atoms with van der Waals surface area (Å²) in [7, 11) is 0. The van der Waals surface area contributed by atoms with Crippen molar-refractivity contribution in [2.45, 2.75) is 45.4 Å². The van der Waals surface area contributed by atoms with Crippen LogP contribution in [-0.4, -0.2) is 0 Å². The van der Waals surface area contributed by atoms with E-state index in [1.165, 1.54) is 50.7 Å². The molecule has 0 aliphatic heterocycles. The van der Waals surface area contributed by atoms with Gasteiger partial charge < -0.3 is 5.73 Å². The van der Waals surface area contributed by atoms with Crippen molar-refractivity contribution in [1.82, 2.24) is 0 Å². The van der Waals surface area contributed by atoms with E-state index in [1.807, 2.05) is 30.3 Å². The van der Waals surface area contributed by atoms with Gasteiger partial charge in [0.1, 0.15) is 17.3 Å². The van der Waals surface area contributed by atoms with Crippen LogP contribution in [0.25, 0.3) is 12.2 Å². The maximum absolute atomic E-state index is 13.5. The molecule has 0 bridgehead atoms. The predicted octanol–water partition coefficient (Wildman–Crippen LogP) is 6.68. The van der Waals surface area contributed by atoms with Gasteiger partial charge >= 0.3 is 0 Å². The molecule has 146 valence electrons. The Balaban J connectivity index is 1.59. The first-order chi connectivity index (χ1) is 13.5. The van der Waals surface area contributed by atoms with Crippen molar-refractivity contribution in [3.63, 3.8) is 0 Å². The summed E-state index contributed by atoms with van der Waals surface area (Å²) in [6, 6.07) is 10.3. The zero-order chi connectivity index (χ0) is 19.9. The summed E-state index contributed by atoms with van der Waals surface area (Å²) in [5.74, 6) is 6.66. The molecule has 2 aromatic rings. The molecule has 1 aliphatic carbocycles. The van der Waals surface area contributed by atoms with E-state index in [9.17, 15) is 8.78 Å². The van der Waals surface area contributed by atoms with E-state index < -0.39 is 17.3 Å². The first kappa shape index (κ1) is 20.1. The third-order valence-electron chi connectivity index (χ3n) is 5.44. The smallest absolute Gasteiger partial charge is 0.149 e. The summed E-state index contributed by atoms with van der Waals surface area (Å²) < 4.78 is 27.0. The molecule has 0 aromatic heterocycles. The van der Waals surface area contributed by atoms with E-state index in [-0.39, 0.29) is 0 Å². The summed E-state index contributed by atoms with van der Waals surface area (Å²) in [6.45, 7) is 2.26. The van der Waals surface area contributed by atoms with E-state index >= 15 is 0 Å². The lowest BCUT2D eigenvalue weighted by molar-refractivity contribution is 0.300. The number of halogens is 2. The standard InChI is InChI=1S/C25H27F2N/c1-2-3-18-4-6-19(7-5-18)8-9-20-10-12-21(13-11-20)14-15-22-16-23(26)25(28)24(27)17-22/h10-19H,2-7,28H2,1H3/b15-14+. The summed E-state index contributed by atoms with van der Waals surface area (Å²) in [5, 5.41) is 0. The molecule has 0 radical (unpaired) electrons. The van der Waals surface area contributed by atoms with Crippen LogP contribution in [0.5, 0.6) is 0 Å². The van der Waals surface area contributed by atoms with Crippen LogP contribution in [0.15, 0.2) is 36.4 Å². The fraction of sp³-hybridized carbons (Fsp3) is 0.360. The molecule has 3 heteroatoms. The van der Waals surface area contributed by atoms with Gasteiger partial charge in [-0.25, -0.2) is 8.78 Å². The molecule has 1 aliphatic rings. The minimum atomic E-state index is -0.742. The van der Waals surface area contributed by atoms with Crippen LogP contribution in [0.3, 0.4) is 0 Å². The predicted molar refractivity (Wildman–Crippen MR) is 113 cm³/mol. The van der Waals surface area contributed by atoms with Crippen molar-refractivity contribution in [3.8, 4) is 11.8 Å². The van der Waals surface area contributed by atoms with Crippen LogP contribution in [0.4, 0.5) is 14.5 Å². The van der Waals surface area contributed by atoms with Gasteiger partial charge in [0.15, 0.2) is 0 Å². The molecular formula is C25H27F2N. The summed E-state index contributed by atoms with van der Waals surface area (Å²) in [5.41, 5.74) is 7.23. The van der Waals surface area contributed by atoms with Crippen LogP contribution in [0.2, 0.25) is 0 Å². The van der Waals surface area contributed by atoms with Crippen molar-refractivity contribution in [2.24, 2.45) is 11.8 Å². The molecule has 0 amide bonds. The molecule has 2 aromatic carbocycles. The highest BCUT2D eigenvalue weighted by atomic mass is 19.1. The van der Waals surface area contributed by atoms with Crippen molar-refractivity contribution in [1.29, 1.82) is 0 Å². The Bertz CT molecular complexity index is 856. The normalized spacial score (nSPS) is 19.4. The molecule has 1 saturated carbocycles. The minimum absolute atomic E-state index is 0.437. The van der Waals surface area contributed by atoms with Crippen LogP contribution in [0.1, 0.15) is 62.1 Å². The van der Waals surface area contributed by atoms with Crippen molar-refractivity contribution >= 4 is 17.8 Å². The van der Waals surface area contributed by atoms with E-state index in [1.54, 1.807) is 6.08 Å². The average Bonchev–Trinajstić information content (AvgIpc) is 2.71. The molecule has 0 heterocycles. The molecular weight excluding hydrogens is 352 g/mol. The van der Waals surface area contributed by atoms with Crippen LogP contribution < -0.4 is 5.73 Å². The summed E-state index contributed by atoms with van der Waals surface area (Å²) in [4.78, 5) is 0. The Labute approximate surface area is 166 Å². The largest absolute Gasteiger partial charge is 0.394 e. The van der Waals surface area contributed by atoms with E-state index in [2.05, 4.69) is 18.8 Å². The van der Waals surface area contributed by atoms with Gasteiger partial charge in [-0.1, -0.05) is 55.9 Å². The zero-order valence-corrected chi connectivity index (χ0v) is 16.3. The van der Waals surface area contributed by atoms with Gasteiger partial charge in [-0.3, -0.25) is 0 Å². The molecule has 0 spiro atoms. The monoisotopic (exact) mass is 379 g/mol. The van der Waals surface area contributed by atoms with Crippen molar-refractivity contribution < 1.29 is 8.78 Å². The maximum atomic E-state index is 13.5. The quantitative estimate of drug-likeness (QED) is 0.358. The number of anilines is 1. The molecule has 28 heavy (non-hydrogen) atoms. The summed E-state index contributed by atoms with van der Waals surface area (Å²) in [6.07, 6.45) is 11.2. The topological polar surface area (TPSA) is 26.0 Å². The fourth-order valence-corrected chi connectivity index (χ4v) is 3.76. The second kappa shape index (κ2) is 9.55. The van der Waals surface area contributed by atoms with Crippen molar-refractivity contribution in [3.05, 3.63) is 64.7 Å². The SMILES string of the molecule is CCCC1CCC(C#Cc2ccc(/C=C/c3cc(F)c(N)c(F)c3)cc2)CC1. The van der Waals surface area contributed by atoms with Gasteiger partial charge in [-0.15, -0.1) is 0 Å². The number of nitrogens with two attached hydrogens (primary N) is 1. The van der Waals surface area contributed by atoms with Crippen LogP contribution >= 0.6 is 0 Å². The molecule has 0 unspecified atom stereocenters. The Morgan fingerprint density at radius 2 is 1.57 bits per heavy atom. The Kier molecular flexibility index (Phi) is 6.87. The third kappa shape index (κ3) is 5.45. The first-order valence-electron chi connectivity index (χ1n) is 10.1. The van der Waals surface area contributed by atoms with Crippen LogP contribution in [-0.2, 0) is 0 Å². The van der Waals surface area contributed by atoms with E-state index in [0.29, 0.717) is 11.5 Å². The molecule has 1 nitrogen and oxygen atoms in total. The number of benzene rings is 2. The number of hydrogen-bond donors (Lipinski definition) is 1. The van der Waals surface area contributed by atoms with E-state index in [0.717, 1.165) is 17.0 Å². The van der Waals surface area contributed by atoms with Crippen molar-refractivity contribution in [2.75, 3.05) is 5.73 Å². The highest BCUT2D eigenvalue weighted by Gasteiger charge is 2.18. The second-order valence-electron chi connectivity index (χ2n) is 7.63. The lowest BCUT2D eigenvalue weighted by Gasteiger charge is -2.25. The second-order valence-corrected chi connectivity index (χ2v) is 7.63. The van der Waals surface area contributed by atoms with Crippen LogP contribution in [0, 0.1) is 35.3 Å². The molecule has 3 rings (SSSR count). The lowest BCUT2D eigenvalue weighted by Crippen LogP contribution is -2.13. The van der Waals surface area contributed by atoms with Gasteiger partial charge in [0, 0.05) is 11.5 Å². The molecule has 2 N–H and O–H groups in total. The zero-order valence-electron chi connectivity index (χ0n) is 16.3. The number of rotatable bonds is 4. The number of nitrogen functional groups attached to an aromatic ring is 1. The number of hydrogen-bond acceptors (Lipinski definition) is 1. The Morgan fingerprint density at radius 1 is 0.964 bits per heavy atom. The van der Waals surface area contributed by atoms with Gasteiger partial charge in [0.25, 0.3) is 0 Å². The average molecular weight is 379 g/mol. The Hall–Kier alpha value is -2.60. The fourth-order valence-electron chi connectivity index (χ4n) is 3.76. The first-order valence-corrected chi connectivity index (χ1v) is 10.1. The maximum Gasteiger partial charge on any atom is 0.149 e. The molecule has 0 atom stereocenters. The molecule has 1 fully saturated rings. The molecule has 0 saturated heterocycles. The van der Waals surface area contributed by atoms with E-state index in [4.69, 9.17) is 5.73 Å².